The minimum Gasteiger partial charge on any atom is -0.355 e. The molecule has 1 unspecified atom stereocenters. The second-order valence-electron chi connectivity index (χ2n) is 6.79. The fourth-order valence-corrected chi connectivity index (χ4v) is 4.23. The highest BCUT2D eigenvalue weighted by Gasteiger charge is 2.23. The number of carbonyl (C=O) groups is 1. The minimum absolute atomic E-state index is 0.180. The van der Waals surface area contributed by atoms with Crippen LogP contribution < -0.4 is 5.32 Å². The Bertz CT molecular complexity index is 855. The number of hydrogen-bond acceptors (Lipinski definition) is 5. The lowest BCUT2D eigenvalue weighted by molar-refractivity contribution is 0.0915. The standard InChI is InChI=1S/C21H23N3O2S/c25-21(17-14-19(26-23-17)20-10-7-13-27-20)22-15-18(16-8-3-1-4-9-16)24-11-5-2-6-12-24/h1,3-4,7-10,13-14,18H,2,5-6,11-12,15H2,(H,22,25). The first-order valence-electron chi connectivity index (χ1n) is 9.39. The molecule has 1 fully saturated rings. The Kier molecular flexibility index (Phi) is 5.65. The highest BCUT2D eigenvalue weighted by molar-refractivity contribution is 7.13. The monoisotopic (exact) mass is 381 g/mol. The van der Waals surface area contributed by atoms with Crippen LogP contribution in [0.15, 0.2) is 58.4 Å². The Labute approximate surface area is 163 Å². The summed E-state index contributed by atoms with van der Waals surface area (Å²) in [4.78, 5) is 16.0. The number of nitrogens with one attached hydrogen (secondary N) is 1. The van der Waals surface area contributed by atoms with Crippen molar-refractivity contribution in [1.82, 2.24) is 15.4 Å². The average molecular weight is 382 g/mol. The van der Waals surface area contributed by atoms with Gasteiger partial charge >= 0.3 is 0 Å². The molecule has 2 aromatic heterocycles. The summed E-state index contributed by atoms with van der Waals surface area (Å²) in [5, 5.41) is 8.97. The van der Waals surface area contributed by atoms with Gasteiger partial charge in [-0.2, -0.15) is 0 Å². The van der Waals surface area contributed by atoms with E-state index in [1.807, 2.05) is 23.6 Å². The number of amides is 1. The van der Waals surface area contributed by atoms with Crippen LogP contribution in [0.5, 0.6) is 0 Å². The summed E-state index contributed by atoms with van der Waals surface area (Å²) in [5.74, 6) is 0.435. The second-order valence-corrected chi connectivity index (χ2v) is 7.73. The molecule has 1 atom stereocenters. The van der Waals surface area contributed by atoms with Gasteiger partial charge in [-0.25, -0.2) is 0 Å². The van der Waals surface area contributed by atoms with E-state index in [0.717, 1.165) is 18.0 Å². The topological polar surface area (TPSA) is 58.4 Å². The van der Waals surface area contributed by atoms with Gasteiger partial charge in [0.05, 0.1) is 10.9 Å². The third-order valence-corrected chi connectivity index (χ3v) is 5.86. The zero-order valence-corrected chi connectivity index (χ0v) is 16.0. The summed E-state index contributed by atoms with van der Waals surface area (Å²) in [6.45, 7) is 2.70. The molecule has 1 amide bonds. The molecule has 3 heterocycles. The van der Waals surface area contributed by atoms with Gasteiger partial charge in [-0.1, -0.05) is 48.0 Å². The fourth-order valence-electron chi connectivity index (χ4n) is 3.56. The van der Waals surface area contributed by atoms with Gasteiger partial charge in [0.1, 0.15) is 0 Å². The Hall–Kier alpha value is -2.44. The number of nitrogens with zero attached hydrogens (tertiary/aromatic N) is 2. The second kappa shape index (κ2) is 8.50. The number of benzene rings is 1. The van der Waals surface area contributed by atoms with Crippen LogP contribution in [0, 0.1) is 0 Å². The Morgan fingerprint density at radius 3 is 2.70 bits per heavy atom. The van der Waals surface area contributed by atoms with E-state index in [2.05, 4.69) is 39.6 Å². The van der Waals surface area contributed by atoms with Gasteiger partial charge in [0.25, 0.3) is 5.91 Å². The van der Waals surface area contributed by atoms with E-state index < -0.39 is 0 Å². The van der Waals surface area contributed by atoms with E-state index in [-0.39, 0.29) is 11.9 Å². The molecule has 0 saturated carbocycles. The smallest absolute Gasteiger partial charge is 0.273 e. The number of hydrogen-bond donors (Lipinski definition) is 1. The zero-order chi connectivity index (χ0) is 18.5. The first kappa shape index (κ1) is 17.9. The molecule has 1 aliphatic rings. The average Bonchev–Trinajstić information content (AvgIpc) is 3.41. The minimum atomic E-state index is -0.195. The first-order valence-corrected chi connectivity index (χ1v) is 10.3. The van der Waals surface area contributed by atoms with Crippen LogP contribution in [0.25, 0.3) is 10.6 Å². The quantitative estimate of drug-likeness (QED) is 0.689. The van der Waals surface area contributed by atoms with Crippen molar-refractivity contribution in [1.29, 1.82) is 0 Å². The zero-order valence-electron chi connectivity index (χ0n) is 15.1. The van der Waals surface area contributed by atoms with Crippen molar-refractivity contribution >= 4 is 17.2 Å². The van der Waals surface area contributed by atoms with E-state index in [9.17, 15) is 4.79 Å². The van der Waals surface area contributed by atoms with Crippen molar-refractivity contribution < 1.29 is 9.32 Å². The first-order chi connectivity index (χ1) is 13.3. The number of carbonyl (C=O) groups excluding carboxylic acids is 1. The predicted octanol–water partition coefficient (Wildman–Crippen LogP) is 4.36. The van der Waals surface area contributed by atoms with Gasteiger partial charge in [0.15, 0.2) is 11.5 Å². The lowest BCUT2D eigenvalue weighted by Crippen LogP contribution is -2.40. The fraction of sp³-hybridized carbons (Fsp3) is 0.333. The maximum absolute atomic E-state index is 12.6. The highest BCUT2D eigenvalue weighted by Crippen LogP contribution is 2.26. The van der Waals surface area contributed by atoms with Crippen molar-refractivity contribution in [3.05, 3.63) is 65.2 Å². The lowest BCUT2D eigenvalue weighted by atomic mass is 10.0. The number of piperidine rings is 1. The molecule has 1 saturated heterocycles. The van der Waals surface area contributed by atoms with Crippen LogP contribution >= 0.6 is 11.3 Å². The normalized spacial score (nSPS) is 16.1. The number of thiophene rings is 1. The largest absolute Gasteiger partial charge is 0.355 e. The molecular weight excluding hydrogens is 358 g/mol. The van der Waals surface area contributed by atoms with Crippen molar-refractivity contribution in [2.75, 3.05) is 19.6 Å². The highest BCUT2D eigenvalue weighted by atomic mass is 32.1. The van der Waals surface area contributed by atoms with E-state index in [4.69, 9.17) is 4.52 Å². The van der Waals surface area contributed by atoms with Crippen molar-refractivity contribution in [2.24, 2.45) is 0 Å². The molecule has 0 spiro atoms. The SMILES string of the molecule is O=C(NCC(c1ccccc1)N1CCCCC1)c1cc(-c2cccs2)on1. The third kappa shape index (κ3) is 4.28. The molecule has 4 rings (SSSR count). The van der Waals surface area contributed by atoms with E-state index in [1.54, 1.807) is 17.4 Å². The van der Waals surface area contributed by atoms with Crippen LogP contribution in [-0.4, -0.2) is 35.6 Å². The molecular formula is C21H23N3O2S. The third-order valence-electron chi connectivity index (χ3n) is 4.98. The molecule has 1 N–H and O–H groups in total. The van der Waals surface area contributed by atoms with E-state index >= 15 is 0 Å². The van der Waals surface area contributed by atoms with Crippen molar-refractivity contribution in [2.45, 2.75) is 25.3 Å². The van der Waals surface area contributed by atoms with Gasteiger partial charge in [0.2, 0.25) is 0 Å². The maximum Gasteiger partial charge on any atom is 0.273 e. The molecule has 0 bridgehead atoms. The van der Waals surface area contributed by atoms with E-state index in [1.165, 1.54) is 24.8 Å². The summed E-state index contributed by atoms with van der Waals surface area (Å²) in [6.07, 6.45) is 3.71. The maximum atomic E-state index is 12.6. The van der Waals surface area contributed by atoms with Crippen LogP contribution in [0.3, 0.4) is 0 Å². The van der Waals surface area contributed by atoms with Crippen LogP contribution in [0.1, 0.15) is 41.4 Å². The number of rotatable bonds is 6. The van der Waals surface area contributed by atoms with Gasteiger partial charge in [-0.3, -0.25) is 9.69 Å². The van der Waals surface area contributed by atoms with Crippen molar-refractivity contribution in [3.63, 3.8) is 0 Å². The molecule has 1 aromatic carbocycles. The summed E-state index contributed by atoms with van der Waals surface area (Å²) < 4.78 is 5.33. The number of likely N-dealkylation sites (tertiary alicyclic amines) is 1. The Morgan fingerprint density at radius 1 is 1.15 bits per heavy atom. The molecule has 0 radical (unpaired) electrons. The van der Waals surface area contributed by atoms with Crippen LogP contribution in [-0.2, 0) is 0 Å². The molecule has 5 nitrogen and oxygen atoms in total. The number of aromatic nitrogens is 1. The lowest BCUT2D eigenvalue weighted by Gasteiger charge is -2.35. The van der Waals surface area contributed by atoms with Crippen molar-refractivity contribution in [3.8, 4) is 10.6 Å². The van der Waals surface area contributed by atoms with Gasteiger partial charge in [0, 0.05) is 12.6 Å². The van der Waals surface area contributed by atoms with Gasteiger partial charge in [-0.15, -0.1) is 11.3 Å². The molecule has 140 valence electrons. The molecule has 27 heavy (non-hydrogen) atoms. The van der Waals surface area contributed by atoms with Crippen LogP contribution in [0.2, 0.25) is 0 Å². The Balaban J connectivity index is 1.45. The van der Waals surface area contributed by atoms with Crippen LogP contribution in [0.4, 0.5) is 0 Å². The van der Waals surface area contributed by atoms with Gasteiger partial charge in [-0.05, 0) is 42.9 Å². The Morgan fingerprint density at radius 2 is 1.96 bits per heavy atom. The molecule has 6 heteroatoms. The summed E-state index contributed by atoms with van der Waals surface area (Å²) in [6, 6.07) is 16.2. The molecule has 0 aliphatic carbocycles. The predicted molar refractivity (Wildman–Crippen MR) is 107 cm³/mol. The summed E-state index contributed by atoms with van der Waals surface area (Å²) in [5.41, 5.74) is 1.56. The molecule has 1 aliphatic heterocycles. The summed E-state index contributed by atoms with van der Waals surface area (Å²) >= 11 is 1.56. The molecule has 3 aromatic rings. The van der Waals surface area contributed by atoms with Gasteiger partial charge < -0.3 is 9.84 Å². The van der Waals surface area contributed by atoms with E-state index in [0.29, 0.717) is 18.0 Å². The summed E-state index contributed by atoms with van der Waals surface area (Å²) in [7, 11) is 0.